The summed E-state index contributed by atoms with van der Waals surface area (Å²) in [7, 11) is 1.66. The molecule has 0 atom stereocenters. The van der Waals surface area contributed by atoms with E-state index in [1.54, 1.807) is 7.11 Å². The van der Waals surface area contributed by atoms with Gasteiger partial charge in [-0.05, 0) is 49.2 Å². The molecule has 0 aliphatic rings. The molecule has 0 fully saturated rings. The minimum atomic E-state index is 0.628. The lowest BCUT2D eigenvalue weighted by Gasteiger charge is -2.14. The summed E-state index contributed by atoms with van der Waals surface area (Å²) in [5.41, 5.74) is 4.46. The zero-order chi connectivity index (χ0) is 14.7. The number of benzene rings is 2. The molecule has 0 spiro atoms. The van der Waals surface area contributed by atoms with E-state index in [4.69, 9.17) is 16.3 Å². The fraction of sp³-hybridized carbons (Fsp3) is 0.250. The van der Waals surface area contributed by atoms with Crippen LogP contribution >= 0.6 is 27.5 Å². The van der Waals surface area contributed by atoms with E-state index in [1.807, 2.05) is 18.2 Å². The monoisotopic (exact) mass is 353 g/mol. The van der Waals surface area contributed by atoms with Crippen molar-refractivity contribution in [2.45, 2.75) is 20.4 Å². The zero-order valence-electron chi connectivity index (χ0n) is 11.8. The quantitative estimate of drug-likeness (QED) is 0.800. The van der Waals surface area contributed by atoms with Gasteiger partial charge in [-0.15, -0.1) is 0 Å². The van der Waals surface area contributed by atoms with E-state index in [2.05, 4.69) is 47.2 Å². The number of halogens is 2. The molecule has 2 rings (SSSR count). The van der Waals surface area contributed by atoms with E-state index in [0.717, 1.165) is 21.5 Å². The predicted molar refractivity (Wildman–Crippen MR) is 88.9 cm³/mol. The summed E-state index contributed by atoms with van der Waals surface area (Å²) in [4.78, 5) is 0. The van der Waals surface area contributed by atoms with Crippen LogP contribution < -0.4 is 10.1 Å². The number of anilines is 1. The first kappa shape index (κ1) is 15.2. The van der Waals surface area contributed by atoms with E-state index in [1.165, 1.54) is 11.1 Å². The van der Waals surface area contributed by atoms with Crippen molar-refractivity contribution in [2.75, 3.05) is 12.4 Å². The zero-order valence-corrected chi connectivity index (χ0v) is 14.1. The van der Waals surface area contributed by atoms with Crippen molar-refractivity contribution >= 4 is 33.2 Å². The topological polar surface area (TPSA) is 21.3 Å². The van der Waals surface area contributed by atoms with Crippen LogP contribution in [0.5, 0.6) is 5.75 Å². The molecular weight excluding hydrogens is 338 g/mol. The van der Waals surface area contributed by atoms with Gasteiger partial charge in [0.2, 0.25) is 0 Å². The second-order valence-electron chi connectivity index (χ2n) is 4.70. The van der Waals surface area contributed by atoms with Crippen LogP contribution in [0.25, 0.3) is 0 Å². The highest BCUT2D eigenvalue weighted by Gasteiger charge is 2.08. The molecule has 0 aliphatic carbocycles. The van der Waals surface area contributed by atoms with E-state index in [9.17, 15) is 0 Å². The maximum atomic E-state index is 6.23. The molecule has 1 N–H and O–H groups in total. The Labute approximate surface area is 133 Å². The van der Waals surface area contributed by atoms with Crippen molar-refractivity contribution < 1.29 is 4.74 Å². The highest BCUT2D eigenvalue weighted by molar-refractivity contribution is 9.10. The van der Waals surface area contributed by atoms with Gasteiger partial charge in [-0.1, -0.05) is 33.6 Å². The van der Waals surface area contributed by atoms with Crippen molar-refractivity contribution in [3.8, 4) is 5.75 Å². The van der Waals surface area contributed by atoms with Crippen LogP contribution in [0.15, 0.2) is 34.8 Å². The summed E-state index contributed by atoms with van der Waals surface area (Å²) in [6.07, 6.45) is 0. The Morgan fingerprint density at radius 3 is 2.45 bits per heavy atom. The fourth-order valence-corrected chi connectivity index (χ4v) is 2.60. The van der Waals surface area contributed by atoms with Crippen LogP contribution in [-0.2, 0) is 6.54 Å². The summed E-state index contributed by atoms with van der Waals surface area (Å²) in [5.74, 6) is 0.801. The molecule has 0 heterocycles. The van der Waals surface area contributed by atoms with Crippen LogP contribution in [0, 0.1) is 13.8 Å². The largest absolute Gasteiger partial charge is 0.496 e. The molecule has 0 bridgehead atoms. The molecule has 0 saturated heterocycles. The molecule has 0 unspecified atom stereocenters. The Morgan fingerprint density at radius 2 is 1.85 bits per heavy atom. The average Bonchev–Trinajstić information content (AvgIpc) is 2.43. The van der Waals surface area contributed by atoms with Gasteiger partial charge in [0.25, 0.3) is 0 Å². The van der Waals surface area contributed by atoms with Crippen LogP contribution in [0.1, 0.15) is 16.7 Å². The lowest BCUT2D eigenvalue weighted by Crippen LogP contribution is -2.03. The Bertz CT molecular complexity index is 605. The molecule has 2 aromatic rings. The third-order valence-electron chi connectivity index (χ3n) is 3.20. The van der Waals surface area contributed by atoms with Gasteiger partial charge in [-0.2, -0.15) is 0 Å². The van der Waals surface area contributed by atoms with Gasteiger partial charge >= 0.3 is 0 Å². The molecule has 4 heteroatoms. The highest BCUT2D eigenvalue weighted by Crippen LogP contribution is 2.29. The van der Waals surface area contributed by atoms with E-state index >= 15 is 0 Å². The molecule has 2 nitrogen and oxygen atoms in total. The Kier molecular flexibility index (Phi) is 4.95. The lowest BCUT2D eigenvalue weighted by atomic mass is 10.1. The normalized spacial score (nSPS) is 10.4. The van der Waals surface area contributed by atoms with Crippen molar-refractivity contribution in [2.24, 2.45) is 0 Å². The standard InChI is InChI=1S/C16H17BrClNO/c1-10-7-12(8-11(2)16(10)17)19-9-13-14(18)5-4-6-15(13)20-3/h4-8,19H,9H2,1-3H3. The minimum Gasteiger partial charge on any atom is -0.496 e. The maximum absolute atomic E-state index is 6.23. The van der Waals surface area contributed by atoms with Crippen LogP contribution in [0.3, 0.4) is 0 Å². The van der Waals surface area contributed by atoms with Gasteiger partial charge in [0, 0.05) is 27.3 Å². The number of aryl methyl sites for hydroxylation is 2. The SMILES string of the molecule is COc1cccc(Cl)c1CNc1cc(C)c(Br)c(C)c1. The van der Waals surface area contributed by atoms with Crippen LogP contribution in [0.4, 0.5) is 5.69 Å². The Balaban J connectivity index is 2.21. The predicted octanol–water partition coefficient (Wildman–Crippen LogP) is 5.34. The summed E-state index contributed by atoms with van der Waals surface area (Å²) in [5, 5.41) is 4.11. The summed E-state index contributed by atoms with van der Waals surface area (Å²) in [6, 6.07) is 9.90. The number of hydrogen-bond donors (Lipinski definition) is 1. The van der Waals surface area contributed by atoms with Gasteiger partial charge in [-0.3, -0.25) is 0 Å². The first-order valence-electron chi connectivity index (χ1n) is 6.35. The number of nitrogens with one attached hydrogen (secondary N) is 1. The van der Waals surface area contributed by atoms with Gasteiger partial charge in [0.15, 0.2) is 0 Å². The molecule has 20 heavy (non-hydrogen) atoms. The average molecular weight is 355 g/mol. The van der Waals surface area contributed by atoms with Gasteiger partial charge < -0.3 is 10.1 Å². The summed E-state index contributed by atoms with van der Waals surface area (Å²) < 4.78 is 6.50. The second-order valence-corrected chi connectivity index (χ2v) is 5.90. The molecule has 0 aliphatic heterocycles. The lowest BCUT2D eigenvalue weighted by molar-refractivity contribution is 0.410. The number of methoxy groups -OCH3 is 1. The van der Waals surface area contributed by atoms with Gasteiger partial charge in [0.1, 0.15) is 5.75 Å². The van der Waals surface area contributed by atoms with E-state index < -0.39 is 0 Å². The number of ether oxygens (including phenoxy) is 1. The van der Waals surface area contributed by atoms with E-state index in [-0.39, 0.29) is 0 Å². The molecule has 106 valence electrons. The summed E-state index contributed by atoms with van der Waals surface area (Å²) >= 11 is 9.81. The maximum Gasteiger partial charge on any atom is 0.125 e. The fourth-order valence-electron chi connectivity index (χ4n) is 2.14. The Hall–Kier alpha value is -1.19. The van der Waals surface area contributed by atoms with Crippen molar-refractivity contribution in [3.05, 3.63) is 56.5 Å². The van der Waals surface area contributed by atoms with E-state index in [0.29, 0.717) is 11.6 Å². The first-order valence-corrected chi connectivity index (χ1v) is 7.52. The van der Waals surface area contributed by atoms with Gasteiger partial charge in [-0.25, -0.2) is 0 Å². The Morgan fingerprint density at radius 1 is 1.20 bits per heavy atom. The van der Waals surface area contributed by atoms with Crippen molar-refractivity contribution in [3.63, 3.8) is 0 Å². The van der Waals surface area contributed by atoms with Crippen LogP contribution in [-0.4, -0.2) is 7.11 Å². The second kappa shape index (κ2) is 6.51. The summed E-state index contributed by atoms with van der Waals surface area (Å²) in [6.45, 7) is 4.79. The van der Waals surface area contributed by atoms with Crippen molar-refractivity contribution in [1.82, 2.24) is 0 Å². The minimum absolute atomic E-state index is 0.628. The molecule has 2 aromatic carbocycles. The first-order chi connectivity index (χ1) is 9.52. The third kappa shape index (κ3) is 3.28. The molecular formula is C16H17BrClNO. The van der Waals surface area contributed by atoms with Gasteiger partial charge in [0.05, 0.1) is 7.11 Å². The molecule has 0 radical (unpaired) electrons. The molecule has 0 amide bonds. The molecule has 0 aromatic heterocycles. The third-order valence-corrected chi connectivity index (χ3v) is 4.81. The smallest absolute Gasteiger partial charge is 0.125 e. The number of rotatable bonds is 4. The number of hydrogen-bond acceptors (Lipinski definition) is 2. The molecule has 0 saturated carbocycles. The van der Waals surface area contributed by atoms with Crippen molar-refractivity contribution in [1.29, 1.82) is 0 Å². The highest BCUT2D eigenvalue weighted by atomic mass is 79.9. The van der Waals surface area contributed by atoms with Crippen LogP contribution in [0.2, 0.25) is 5.02 Å².